The summed E-state index contributed by atoms with van der Waals surface area (Å²) in [5.41, 5.74) is 11.2. The van der Waals surface area contributed by atoms with Crippen molar-refractivity contribution in [2.45, 2.75) is 51.0 Å². The molecular weight excluding hydrogens is 526 g/mol. The maximum atomic E-state index is 13.2. The first-order valence-corrected chi connectivity index (χ1v) is 14.3. The molecule has 9 heteroatoms. The lowest BCUT2D eigenvalue weighted by Crippen LogP contribution is -2.41. The van der Waals surface area contributed by atoms with E-state index in [0.717, 1.165) is 46.4 Å². The van der Waals surface area contributed by atoms with Crippen LogP contribution in [0.25, 0.3) is 27.8 Å². The second-order valence-corrected chi connectivity index (χ2v) is 10.8. The van der Waals surface area contributed by atoms with Crippen molar-refractivity contribution in [3.8, 4) is 16.9 Å². The van der Waals surface area contributed by atoms with Crippen LogP contribution in [-0.4, -0.2) is 37.6 Å². The van der Waals surface area contributed by atoms with Gasteiger partial charge in [0, 0.05) is 46.7 Å². The van der Waals surface area contributed by atoms with Gasteiger partial charge in [-0.1, -0.05) is 43.5 Å². The molecule has 4 N–H and O–H groups in total. The van der Waals surface area contributed by atoms with Crippen molar-refractivity contribution in [1.82, 2.24) is 25.1 Å². The number of nitrogen functional groups attached to an aromatic ring is 1. The Morgan fingerprint density at radius 3 is 2.50 bits per heavy atom. The number of hydrogen-bond donors (Lipinski definition) is 3. The molecule has 0 saturated heterocycles. The lowest BCUT2D eigenvalue weighted by Gasteiger charge is -2.22. The maximum absolute atomic E-state index is 13.2. The minimum absolute atomic E-state index is 0.318. The number of pyridine rings is 2. The van der Waals surface area contributed by atoms with Gasteiger partial charge in [0.05, 0.1) is 16.9 Å². The molecule has 0 bridgehead atoms. The first-order valence-electron chi connectivity index (χ1n) is 14.3. The molecule has 0 radical (unpaired) electrons. The molecule has 9 nitrogen and oxygen atoms in total. The summed E-state index contributed by atoms with van der Waals surface area (Å²) < 4.78 is 1.94. The molecule has 1 aliphatic carbocycles. The summed E-state index contributed by atoms with van der Waals surface area (Å²) in [5.74, 6) is 0.506. The summed E-state index contributed by atoms with van der Waals surface area (Å²) >= 11 is 0. The summed E-state index contributed by atoms with van der Waals surface area (Å²) in [4.78, 5) is 34.8. The number of nitrogens with one attached hydrogen (secondary N) is 2. The number of nitrogens with zero attached hydrogens (tertiary/aromatic N) is 4. The number of rotatable bonds is 7. The van der Waals surface area contributed by atoms with Crippen molar-refractivity contribution in [3.05, 3.63) is 96.6 Å². The third-order valence-corrected chi connectivity index (χ3v) is 7.82. The van der Waals surface area contributed by atoms with E-state index < -0.39 is 6.04 Å². The number of benzene rings is 2. The van der Waals surface area contributed by atoms with Gasteiger partial charge in [-0.25, -0.2) is 9.67 Å². The van der Waals surface area contributed by atoms with Gasteiger partial charge in [0.25, 0.3) is 5.91 Å². The molecule has 5 aromatic rings. The number of carbonyl (C=O) groups is 2. The van der Waals surface area contributed by atoms with Crippen molar-refractivity contribution >= 4 is 34.1 Å². The Bertz CT molecular complexity index is 1730. The van der Waals surface area contributed by atoms with Crippen LogP contribution in [0.5, 0.6) is 0 Å². The molecule has 3 heterocycles. The average molecular weight is 560 g/mol. The van der Waals surface area contributed by atoms with Gasteiger partial charge in [0.1, 0.15) is 6.04 Å². The zero-order valence-corrected chi connectivity index (χ0v) is 23.5. The van der Waals surface area contributed by atoms with Crippen LogP contribution < -0.4 is 16.4 Å². The maximum Gasteiger partial charge on any atom is 0.251 e. The second-order valence-electron chi connectivity index (χ2n) is 10.8. The number of fused-ring (bicyclic) bond motifs is 1. The number of carbonyl (C=O) groups excluding carboxylic acids is 2. The lowest BCUT2D eigenvalue weighted by atomic mass is 9.85. The monoisotopic (exact) mass is 559 g/mol. The molecule has 212 valence electrons. The van der Waals surface area contributed by atoms with Gasteiger partial charge in [-0.15, -0.1) is 0 Å². The van der Waals surface area contributed by atoms with Gasteiger partial charge in [0.2, 0.25) is 5.91 Å². The summed E-state index contributed by atoms with van der Waals surface area (Å²) in [5, 5.41) is 11.6. The van der Waals surface area contributed by atoms with Gasteiger partial charge in [-0.3, -0.25) is 14.6 Å². The van der Waals surface area contributed by atoms with E-state index in [2.05, 4.69) is 20.6 Å². The van der Waals surface area contributed by atoms with E-state index in [1.54, 1.807) is 43.7 Å². The summed E-state index contributed by atoms with van der Waals surface area (Å²) in [6.45, 7) is 1.66. The number of nitrogens with two attached hydrogens (primary N) is 1. The van der Waals surface area contributed by atoms with E-state index in [-0.39, 0.29) is 11.8 Å². The number of anilines is 2. The van der Waals surface area contributed by atoms with Crippen LogP contribution in [-0.2, 0) is 4.79 Å². The van der Waals surface area contributed by atoms with E-state index in [0.29, 0.717) is 22.9 Å². The fourth-order valence-corrected chi connectivity index (χ4v) is 5.63. The third kappa shape index (κ3) is 5.72. The van der Waals surface area contributed by atoms with Crippen LogP contribution in [0.4, 0.5) is 11.4 Å². The Hall–Kier alpha value is -5.05. The number of hydrogen-bond acceptors (Lipinski definition) is 6. The van der Waals surface area contributed by atoms with E-state index >= 15 is 0 Å². The highest BCUT2D eigenvalue weighted by molar-refractivity contribution is 6.02. The second kappa shape index (κ2) is 11.8. The highest BCUT2D eigenvalue weighted by Gasteiger charge is 2.25. The molecule has 42 heavy (non-hydrogen) atoms. The molecule has 1 fully saturated rings. The number of amides is 2. The van der Waals surface area contributed by atoms with E-state index in [1.165, 1.54) is 19.3 Å². The summed E-state index contributed by atoms with van der Waals surface area (Å²) in [6.07, 6.45) is 11.0. The van der Waals surface area contributed by atoms with E-state index in [1.807, 2.05) is 53.2 Å². The predicted octanol–water partition coefficient (Wildman–Crippen LogP) is 5.87. The van der Waals surface area contributed by atoms with Gasteiger partial charge < -0.3 is 16.4 Å². The largest absolute Gasteiger partial charge is 0.397 e. The van der Waals surface area contributed by atoms with Crippen LogP contribution >= 0.6 is 0 Å². The first-order chi connectivity index (χ1) is 20.5. The predicted molar refractivity (Wildman–Crippen MR) is 164 cm³/mol. The van der Waals surface area contributed by atoms with Gasteiger partial charge >= 0.3 is 0 Å². The minimum atomic E-state index is -0.755. The van der Waals surface area contributed by atoms with Crippen LogP contribution in [0.1, 0.15) is 61.0 Å². The molecule has 2 aromatic carbocycles. The molecule has 0 aliphatic heterocycles. The van der Waals surface area contributed by atoms with Gasteiger partial charge in [0.15, 0.2) is 5.82 Å². The molecule has 1 saturated carbocycles. The Morgan fingerprint density at radius 2 is 1.76 bits per heavy atom. The zero-order chi connectivity index (χ0) is 29.1. The standard InChI is InChI=1S/C33H33N7O2/c1-21(32(41)38-27-13-10-22(11-14-27)25-17-26(34)20-35-19-25)37-33(42)24-12-15-28-29(18-24)39-40(30-9-5-6-16-36-30)31(28)23-7-3-2-4-8-23/h5-6,9-21,23H,2-4,7-8,34H2,1H3,(H,37,42)(H,38,41)/t21-/m1/s1. The molecule has 1 atom stereocenters. The van der Waals surface area contributed by atoms with Gasteiger partial charge in [-0.2, -0.15) is 5.10 Å². The molecule has 6 rings (SSSR count). The Labute approximate surface area is 244 Å². The van der Waals surface area contributed by atoms with Crippen molar-refractivity contribution < 1.29 is 9.59 Å². The molecule has 0 spiro atoms. The van der Waals surface area contributed by atoms with Crippen LogP contribution in [0.15, 0.2) is 85.3 Å². The zero-order valence-electron chi connectivity index (χ0n) is 23.5. The fourth-order valence-electron chi connectivity index (χ4n) is 5.63. The van der Waals surface area contributed by atoms with E-state index in [4.69, 9.17) is 10.8 Å². The Balaban J connectivity index is 1.17. The Kier molecular flexibility index (Phi) is 7.64. The van der Waals surface area contributed by atoms with Gasteiger partial charge in [-0.05, 0) is 67.8 Å². The molecule has 2 amide bonds. The van der Waals surface area contributed by atoms with E-state index in [9.17, 15) is 9.59 Å². The summed E-state index contributed by atoms with van der Waals surface area (Å²) in [6, 6.07) is 19.8. The van der Waals surface area contributed by atoms with Crippen LogP contribution in [0.3, 0.4) is 0 Å². The average Bonchev–Trinajstić information content (AvgIpc) is 3.41. The highest BCUT2D eigenvalue weighted by atomic mass is 16.2. The summed E-state index contributed by atoms with van der Waals surface area (Å²) in [7, 11) is 0. The van der Waals surface area contributed by atoms with Crippen LogP contribution in [0, 0.1) is 0 Å². The SMILES string of the molecule is C[C@@H](NC(=O)c1ccc2c(C3CCCCC3)n(-c3ccccn3)nc2c1)C(=O)Nc1ccc(-c2cncc(N)c2)cc1. The molecular formula is C33H33N7O2. The lowest BCUT2D eigenvalue weighted by molar-refractivity contribution is -0.117. The minimum Gasteiger partial charge on any atom is -0.397 e. The fraction of sp³-hybridized carbons (Fsp3) is 0.242. The normalized spacial score (nSPS) is 14.4. The van der Waals surface area contributed by atoms with Crippen molar-refractivity contribution in [2.24, 2.45) is 0 Å². The first kappa shape index (κ1) is 27.1. The smallest absolute Gasteiger partial charge is 0.251 e. The highest BCUT2D eigenvalue weighted by Crippen LogP contribution is 2.37. The third-order valence-electron chi connectivity index (χ3n) is 7.82. The van der Waals surface area contributed by atoms with Crippen LogP contribution in [0.2, 0.25) is 0 Å². The quantitative estimate of drug-likeness (QED) is 0.229. The molecule has 1 aliphatic rings. The Morgan fingerprint density at radius 1 is 0.952 bits per heavy atom. The number of aromatic nitrogens is 4. The topological polar surface area (TPSA) is 128 Å². The van der Waals surface area contributed by atoms with Crippen molar-refractivity contribution in [2.75, 3.05) is 11.1 Å². The van der Waals surface area contributed by atoms with Crippen molar-refractivity contribution in [3.63, 3.8) is 0 Å². The van der Waals surface area contributed by atoms with Crippen molar-refractivity contribution in [1.29, 1.82) is 0 Å². The molecule has 3 aromatic heterocycles. The molecule has 0 unspecified atom stereocenters.